The van der Waals surface area contributed by atoms with Crippen molar-refractivity contribution in [1.82, 2.24) is 4.90 Å². The molecule has 1 amide bonds. The van der Waals surface area contributed by atoms with Crippen molar-refractivity contribution in [2.75, 3.05) is 13.1 Å². The largest absolute Gasteiger partial charge is 0.334 e. The second-order valence-corrected chi connectivity index (χ2v) is 7.42. The number of nitrogens with two attached hydrogens (primary N) is 1. The van der Waals surface area contributed by atoms with Crippen LogP contribution in [0.4, 0.5) is 0 Å². The molecule has 1 aliphatic heterocycles. The van der Waals surface area contributed by atoms with E-state index >= 15 is 0 Å². The highest BCUT2D eigenvalue weighted by molar-refractivity contribution is 6.30. The standard InChI is InChI=1S/C20H21ClN2O/c1-12-5-6-16(17(7-12)13-3-2-4-15(21)8-13)20(24)23-11-14-9-18(14)19(23)10-22/h2-8,14,18-19H,9-11,22H2,1H3/t14-,18-,19-/m1/s1. The van der Waals surface area contributed by atoms with E-state index in [0.29, 0.717) is 23.4 Å². The molecule has 1 saturated heterocycles. The lowest BCUT2D eigenvalue weighted by Crippen LogP contribution is -2.42. The van der Waals surface area contributed by atoms with Crippen LogP contribution in [0.3, 0.4) is 0 Å². The van der Waals surface area contributed by atoms with Crippen LogP contribution in [0.1, 0.15) is 22.3 Å². The number of fused-ring (bicyclic) bond motifs is 1. The van der Waals surface area contributed by atoms with Crippen molar-refractivity contribution in [2.45, 2.75) is 19.4 Å². The lowest BCUT2D eigenvalue weighted by atomic mass is 9.96. The first-order valence-corrected chi connectivity index (χ1v) is 8.84. The van der Waals surface area contributed by atoms with Crippen molar-refractivity contribution in [3.8, 4) is 11.1 Å². The molecule has 3 nitrogen and oxygen atoms in total. The normalized spacial score (nSPS) is 24.8. The molecule has 0 bridgehead atoms. The quantitative estimate of drug-likeness (QED) is 0.925. The summed E-state index contributed by atoms with van der Waals surface area (Å²) in [6.07, 6.45) is 1.22. The Kier molecular flexibility index (Phi) is 3.86. The van der Waals surface area contributed by atoms with Crippen molar-refractivity contribution in [3.05, 3.63) is 58.6 Å². The summed E-state index contributed by atoms with van der Waals surface area (Å²) in [6, 6.07) is 13.9. The third kappa shape index (κ3) is 2.62. The molecule has 1 saturated carbocycles. The highest BCUT2D eigenvalue weighted by Gasteiger charge is 2.53. The maximum Gasteiger partial charge on any atom is 0.254 e. The SMILES string of the molecule is Cc1ccc(C(=O)N2C[C@H]3C[C@H]3[C@H]2CN)c(-c2cccc(Cl)c2)c1. The van der Waals surface area contributed by atoms with E-state index in [9.17, 15) is 4.79 Å². The van der Waals surface area contributed by atoms with Gasteiger partial charge < -0.3 is 10.6 Å². The summed E-state index contributed by atoms with van der Waals surface area (Å²) in [5, 5.41) is 0.676. The third-order valence-corrected chi connectivity index (χ3v) is 5.58. The number of benzene rings is 2. The Morgan fingerprint density at radius 1 is 1.29 bits per heavy atom. The molecule has 0 spiro atoms. The van der Waals surface area contributed by atoms with E-state index in [1.54, 1.807) is 0 Å². The van der Waals surface area contributed by atoms with Gasteiger partial charge in [-0.2, -0.15) is 0 Å². The van der Waals surface area contributed by atoms with Gasteiger partial charge in [-0.15, -0.1) is 0 Å². The maximum absolute atomic E-state index is 13.2. The minimum atomic E-state index is 0.0904. The highest BCUT2D eigenvalue weighted by atomic mass is 35.5. The number of aryl methyl sites for hydroxylation is 1. The Morgan fingerprint density at radius 2 is 2.12 bits per heavy atom. The van der Waals surface area contributed by atoms with Crippen LogP contribution < -0.4 is 5.73 Å². The summed E-state index contributed by atoms with van der Waals surface area (Å²) >= 11 is 6.15. The molecule has 4 rings (SSSR count). The first-order valence-electron chi connectivity index (χ1n) is 8.46. The summed E-state index contributed by atoms with van der Waals surface area (Å²) in [7, 11) is 0. The third-order valence-electron chi connectivity index (χ3n) is 5.35. The zero-order chi connectivity index (χ0) is 16.8. The number of likely N-dealkylation sites (tertiary alicyclic amines) is 1. The maximum atomic E-state index is 13.2. The molecular formula is C20H21ClN2O. The molecule has 1 heterocycles. The van der Waals surface area contributed by atoms with Crippen LogP contribution >= 0.6 is 11.6 Å². The summed E-state index contributed by atoms with van der Waals surface area (Å²) in [5.74, 6) is 1.36. The van der Waals surface area contributed by atoms with Gasteiger partial charge in [0.15, 0.2) is 0 Å². The first kappa shape index (κ1) is 15.7. The number of hydrogen-bond acceptors (Lipinski definition) is 2. The summed E-state index contributed by atoms with van der Waals surface area (Å²) < 4.78 is 0. The van der Waals surface area contributed by atoms with Crippen molar-refractivity contribution < 1.29 is 4.79 Å². The fraction of sp³-hybridized carbons (Fsp3) is 0.350. The van der Waals surface area contributed by atoms with Crippen LogP contribution in [-0.4, -0.2) is 29.9 Å². The van der Waals surface area contributed by atoms with Gasteiger partial charge in [0.1, 0.15) is 0 Å². The number of rotatable bonds is 3. The van der Waals surface area contributed by atoms with Crippen LogP contribution in [0.5, 0.6) is 0 Å². The Balaban J connectivity index is 1.74. The molecule has 0 unspecified atom stereocenters. The van der Waals surface area contributed by atoms with Crippen LogP contribution in [-0.2, 0) is 0 Å². The van der Waals surface area contributed by atoms with Gasteiger partial charge in [-0.05, 0) is 54.5 Å². The number of nitrogens with zero attached hydrogens (tertiary/aromatic N) is 1. The number of carbonyl (C=O) groups excluding carboxylic acids is 1. The van der Waals surface area contributed by atoms with E-state index < -0.39 is 0 Å². The highest BCUT2D eigenvalue weighted by Crippen LogP contribution is 2.49. The molecular weight excluding hydrogens is 320 g/mol. The molecule has 1 aliphatic carbocycles. The minimum Gasteiger partial charge on any atom is -0.334 e. The van der Waals surface area contributed by atoms with Crippen LogP contribution in [0, 0.1) is 18.8 Å². The van der Waals surface area contributed by atoms with Crippen LogP contribution in [0.15, 0.2) is 42.5 Å². The molecule has 3 atom stereocenters. The fourth-order valence-electron chi connectivity index (χ4n) is 4.00. The topological polar surface area (TPSA) is 46.3 Å². The van der Waals surface area contributed by atoms with E-state index in [4.69, 9.17) is 17.3 Å². The second kappa shape index (κ2) is 5.91. The van der Waals surface area contributed by atoms with Crippen molar-refractivity contribution >= 4 is 17.5 Å². The van der Waals surface area contributed by atoms with Gasteiger partial charge in [-0.1, -0.05) is 41.4 Å². The van der Waals surface area contributed by atoms with Gasteiger partial charge in [0, 0.05) is 29.7 Å². The molecule has 2 aromatic rings. The van der Waals surface area contributed by atoms with Gasteiger partial charge in [-0.3, -0.25) is 4.79 Å². The summed E-state index contributed by atoms with van der Waals surface area (Å²) in [4.78, 5) is 15.2. The molecule has 2 aliphatic rings. The zero-order valence-corrected chi connectivity index (χ0v) is 14.5. The average molecular weight is 341 g/mol. The molecule has 2 fully saturated rings. The van der Waals surface area contributed by atoms with Gasteiger partial charge in [0.05, 0.1) is 0 Å². The molecule has 4 heteroatoms. The zero-order valence-electron chi connectivity index (χ0n) is 13.7. The van der Waals surface area contributed by atoms with Crippen LogP contribution in [0.2, 0.25) is 5.02 Å². The number of amides is 1. The lowest BCUT2D eigenvalue weighted by molar-refractivity contribution is 0.0713. The molecule has 2 N–H and O–H groups in total. The lowest BCUT2D eigenvalue weighted by Gasteiger charge is -2.27. The number of halogens is 1. The van der Waals surface area contributed by atoms with Gasteiger partial charge >= 0.3 is 0 Å². The van der Waals surface area contributed by atoms with Crippen molar-refractivity contribution in [2.24, 2.45) is 17.6 Å². The fourth-order valence-corrected chi connectivity index (χ4v) is 4.19. The molecule has 0 radical (unpaired) electrons. The van der Waals surface area contributed by atoms with Gasteiger partial charge in [-0.25, -0.2) is 0 Å². The average Bonchev–Trinajstić information content (AvgIpc) is 3.25. The molecule has 0 aromatic heterocycles. The number of hydrogen-bond donors (Lipinski definition) is 1. The first-order chi connectivity index (χ1) is 11.6. The Hall–Kier alpha value is -1.84. The van der Waals surface area contributed by atoms with E-state index in [2.05, 4.69) is 6.07 Å². The Bertz CT molecular complexity index is 804. The van der Waals surface area contributed by atoms with Crippen molar-refractivity contribution in [3.63, 3.8) is 0 Å². The van der Waals surface area contributed by atoms with E-state index in [1.807, 2.05) is 48.2 Å². The van der Waals surface area contributed by atoms with Crippen molar-refractivity contribution in [1.29, 1.82) is 0 Å². The summed E-state index contributed by atoms with van der Waals surface area (Å²) in [6.45, 7) is 3.43. The van der Waals surface area contributed by atoms with Gasteiger partial charge in [0.2, 0.25) is 0 Å². The Morgan fingerprint density at radius 3 is 2.88 bits per heavy atom. The monoisotopic (exact) mass is 340 g/mol. The molecule has 124 valence electrons. The van der Waals surface area contributed by atoms with E-state index in [0.717, 1.165) is 28.8 Å². The molecule has 2 aromatic carbocycles. The predicted octanol–water partition coefficient (Wildman–Crippen LogP) is 3.73. The minimum absolute atomic E-state index is 0.0904. The summed E-state index contributed by atoms with van der Waals surface area (Å²) in [5.41, 5.74) is 9.72. The van der Waals surface area contributed by atoms with E-state index in [1.165, 1.54) is 6.42 Å². The second-order valence-electron chi connectivity index (χ2n) is 6.98. The van der Waals surface area contributed by atoms with Gasteiger partial charge in [0.25, 0.3) is 5.91 Å². The smallest absolute Gasteiger partial charge is 0.254 e. The van der Waals surface area contributed by atoms with E-state index in [-0.39, 0.29) is 11.9 Å². The number of piperidine rings is 1. The predicted molar refractivity (Wildman–Crippen MR) is 97.1 cm³/mol. The Labute approximate surface area is 147 Å². The number of carbonyl (C=O) groups is 1. The van der Waals surface area contributed by atoms with Crippen LogP contribution in [0.25, 0.3) is 11.1 Å². The molecule has 24 heavy (non-hydrogen) atoms.